The maximum absolute atomic E-state index is 3.63. The van der Waals surface area contributed by atoms with E-state index in [2.05, 4.69) is 115 Å². The minimum atomic E-state index is -3.63. The summed E-state index contributed by atoms with van der Waals surface area (Å²) in [5.74, 6) is 0. The molecule has 4 heteroatoms. The molecule has 0 aliphatic heterocycles. The third kappa shape index (κ3) is 5.17. The van der Waals surface area contributed by atoms with Gasteiger partial charge < -0.3 is 0 Å². The Morgan fingerprint density at radius 2 is 1.00 bits per heavy atom. The summed E-state index contributed by atoms with van der Waals surface area (Å²) < 4.78 is 6.81. The number of fused-ring (bicyclic) bond motifs is 6. The van der Waals surface area contributed by atoms with Gasteiger partial charge in [0.05, 0.1) is 0 Å². The molecule has 6 rings (SSSR count). The van der Waals surface area contributed by atoms with Crippen LogP contribution in [0.25, 0.3) is 33.7 Å². The van der Waals surface area contributed by atoms with Gasteiger partial charge in [-0.3, -0.25) is 0 Å². The Kier molecular flexibility index (Phi) is 9.48. The third-order valence-electron chi connectivity index (χ3n) is 9.54. The molecule has 0 spiro atoms. The smallest absolute Gasteiger partial charge is 0.147 e. The number of rotatable bonds is 8. The van der Waals surface area contributed by atoms with Crippen LogP contribution in [0.3, 0.4) is 0 Å². The van der Waals surface area contributed by atoms with E-state index in [1.54, 1.807) is 22.3 Å². The van der Waals surface area contributed by atoms with E-state index in [1.807, 2.05) is 0 Å². The van der Waals surface area contributed by atoms with Gasteiger partial charge in [0, 0.05) is 0 Å². The second-order valence-corrected chi connectivity index (χ2v) is 43.5. The minimum absolute atomic E-state index is 0. The van der Waals surface area contributed by atoms with Crippen molar-refractivity contribution in [2.75, 3.05) is 0 Å². The molecule has 40 heavy (non-hydrogen) atoms. The molecule has 0 aromatic heterocycles. The molecule has 0 saturated carbocycles. The molecule has 2 aliphatic carbocycles. The fraction of sp³-hybridized carbons (Fsp3) is 0.333. The van der Waals surface area contributed by atoms with Crippen molar-refractivity contribution in [2.24, 2.45) is 0 Å². The van der Waals surface area contributed by atoms with Crippen LogP contribution in [0.15, 0.2) is 83.9 Å². The SMILES string of the molecule is CCCCC1=Cc2ccc3ccccc3c2[CH]1[Zr]([CH3])([CH3])(=[SiH2])[CH]1C(CCCC)=Cc2ccc3ccccc3c21.Cl.Cl. The molecule has 0 N–H and O–H groups in total. The monoisotopic (exact) mass is 664 g/mol. The molecule has 0 radical (unpaired) electrons. The summed E-state index contributed by atoms with van der Waals surface area (Å²) in [6.07, 6.45) is 12.8. The van der Waals surface area contributed by atoms with Gasteiger partial charge >= 0.3 is 233 Å². The van der Waals surface area contributed by atoms with Crippen molar-refractivity contribution in [3.05, 3.63) is 106 Å². The minimum Gasteiger partial charge on any atom is -0.147 e. The molecule has 0 bridgehead atoms. The van der Waals surface area contributed by atoms with E-state index in [1.165, 1.54) is 71.2 Å². The zero-order chi connectivity index (χ0) is 26.5. The van der Waals surface area contributed by atoms with Crippen molar-refractivity contribution in [2.45, 2.75) is 68.9 Å². The first-order valence-electron chi connectivity index (χ1n) is 14.8. The molecule has 0 amide bonds. The molecular formula is C36H44Cl2SiZr. The van der Waals surface area contributed by atoms with Gasteiger partial charge in [-0.2, -0.15) is 0 Å². The van der Waals surface area contributed by atoms with Crippen LogP contribution in [-0.2, 0) is 17.4 Å². The Bertz CT molecular complexity index is 1570. The van der Waals surface area contributed by atoms with E-state index in [9.17, 15) is 0 Å². The van der Waals surface area contributed by atoms with Crippen LogP contribution >= 0.6 is 24.8 Å². The van der Waals surface area contributed by atoms with Crippen LogP contribution in [0.2, 0.25) is 9.26 Å². The second kappa shape index (κ2) is 12.0. The fourth-order valence-electron chi connectivity index (χ4n) is 7.99. The molecule has 210 valence electrons. The normalized spacial score (nSPS) is 18.0. The molecule has 0 fully saturated rings. The quantitative estimate of drug-likeness (QED) is 0.164. The first-order valence-corrected chi connectivity index (χ1v) is 28.5. The van der Waals surface area contributed by atoms with Crippen LogP contribution in [0.1, 0.15) is 81.9 Å². The van der Waals surface area contributed by atoms with Crippen LogP contribution in [0.5, 0.6) is 0 Å². The Hall–Kier alpha value is -1.44. The van der Waals surface area contributed by atoms with Crippen LogP contribution in [-0.4, -0.2) is 6.88 Å². The van der Waals surface area contributed by atoms with Crippen molar-refractivity contribution < 1.29 is 17.4 Å². The molecule has 2 aliphatic rings. The summed E-state index contributed by atoms with van der Waals surface area (Å²) >= 11 is -3.63. The fourth-order valence-corrected chi connectivity index (χ4v) is 27.7. The number of hydrogen-bond donors (Lipinski definition) is 0. The average Bonchev–Trinajstić information content (AvgIpc) is 3.50. The molecule has 0 nitrogen and oxygen atoms in total. The van der Waals surface area contributed by atoms with Crippen LogP contribution in [0, 0.1) is 0 Å². The van der Waals surface area contributed by atoms with E-state index in [4.69, 9.17) is 0 Å². The third-order valence-corrected chi connectivity index (χ3v) is 26.9. The van der Waals surface area contributed by atoms with Crippen molar-refractivity contribution >= 4 is 65.4 Å². The van der Waals surface area contributed by atoms with E-state index in [0.29, 0.717) is 7.25 Å². The number of hydrogen-bond acceptors (Lipinski definition) is 0. The van der Waals surface area contributed by atoms with Crippen molar-refractivity contribution in [3.8, 4) is 0 Å². The van der Waals surface area contributed by atoms with E-state index >= 15 is 0 Å². The largest absolute Gasteiger partial charge is 0.147 e. The van der Waals surface area contributed by atoms with Crippen LogP contribution < -0.4 is 0 Å². The molecule has 0 saturated heterocycles. The van der Waals surface area contributed by atoms with E-state index < -0.39 is 17.4 Å². The predicted molar refractivity (Wildman–Crippen MR) is 183 cm³/mol. The molecule has 4 aromatic carbocycles. The first-order chi connectivity index (χ1) is 18.3. The molecule has 2 unspecified atom stereocenters. The summed E-state index contributed by atoms with van der Waals surface area (Å²) in [7, 11) is 0. The Morgan fingerprint density at radius 1 is 0.600 bits per heavy atom. The number of unbranched alkanes of at least 4 members (excludes halogenated alkanes) is 2. The maximum atomic E-state index is 2.82. The zero-order valence-electron chi connectivity index (χ0n) is 24.5. The van der Waals surface area contributed by atoms with E-state index in [0.717, 1.165) is 0 Å². The number of halogens is 2. The standard InChI is InChI=1S/2C17H17.2CH3.2ClH.H2Si.Zr/c2*1-2-3-6-13-11-15-10-9-14-7-4-5-8-16(14)17(15)12-13;;;;;;/h2*4-5,7-12H,2-3,6H2,1H3;2*1H3;2*1H;1H2;. The summed E-state index contributed by atoms with van der Waals surface area (Å²) in [5.41, 5.74) is 9.75. The Balaban J connectivity index is 0.00000185. The van der Waals surface area contributed by atoms with Gasteiger partial charge in [0.25, 0.3) is 0 Å². The van der Waals surface area contributed by atoms with Gasteiger partial charge in [0.1, 0.15) is 0 Å². The first kappa shape index (κ1) is 31.5. The molecule has 4 aromatic rings. The van der Waals surface area contributed by atoms with Crippen molar-refractivity contribution in [3.63, 3.8) is 0 Å². The van der Waals surface area contributed by atoms with Crippen molar-refractivity contribution in [1.29, 1.82) is 0 Å². The summed E-state index contributed by atoms with van der Waals surface area (Å²) in [4.78, 5) is 0. The number of benzene rings is 4. The Morgan fingerprint density at radius 3 is 1.40 bits per heavy atom. The zero-order valence-corrected chi connectivity index (χ0v) is 30.0. The average molecular weight is 667 g/mol. The molecular weight excluding hydrogens is 623 g/mol. The summed E-state index contributed by atoms with van der Waals surface area (Å²) in [6, 6.07) is 27.9. The van der Waals surface area contributed by atoms with Gasteiger partial charge in [-0.1, -0.05) is 0 Å². The predicted octanol–water partition coefficient (Wildman–Crippen LogP) is 11.1. The van der Waals surface area contributed by atoms with Gasteiger partial charge in [-0.15, -0.1) is 24.8 Å². The maximum Gasteiger partial charge on any atom is -0.147 e. The van der Waals surface area contributed by atoms with E-state index in [-0.39, 0.29) is 24.8 Å². The van der Waals surface area contributed by atoms with Gasteiger partial charge in [-0.05, 0) is 0 Å². The van der Waals surface area contributed by atoms with Gasteiger partial charge in [-0.25, -0.2) is 0 Å². The topological polar surface area (TPSA) is 0 Å². The Labute approximate surface area is 256 Å². The summed E-state index contributed by atoms with van der Waals surface area (Å²) in [5, 5.41) is 5.77. The van der Waals surface area contributed by atoms with Crippen molar-refractivity contribution in [1.82, 2.24) is 0 Å². The number of allylic oxidation sites excluding steroid dienone is 2. The molecule has 2 atom stereocenters. The van der Waals surface area contributed by atoms with Gasteiger partial charge in [0.2, 0.25) is 0 Å². The van der Waals surface area contributed by atoms with Gasteiger partial charge in [0.15, 0.2) is 0 Å². The molecule has 0 heterocycles. The second-order valence-electron chi connectivity index (χ2n) is 13.0. The summed E-state index contributed by atoms with van der Waals surface area (Å²) in [6.45, 7) is 7.19. The van der Waals surface area contributed by atoms with Crippen LogP contribution in [0.4, 0.5) is 0 Å².